The fraction of sp³-hybridized carbons (Fsp3) is 0.231. The molecule has 0 radical (unpaired) electrons. The van der Waals surface area contributed by atoms with E-state index in [1.165, 1.54) is 0 Å². The largest absolute Gasteiger partial charge is 0.469 e. The van der Waals surface area contributed by atoms with Gasteiger partial charge in [-0.3, -0.25) is 0 Å². The molecule has 0 aromatic carbocycles. The normalized spacial score (nSPS) is 12.7. The summed E-state index contributed by atoms with van der Waals surface area (Å²) in [7, 11) is 0. The summed E-state index contributed by atoms with van der Waals surface area (Å²) >= 11 is 0. The monoisotopic (exact) mass is 257 g/mol. The Morgan fingerprint density at radius 3 is 3.21 bits per heavy atom. The molecule has 1 atom stereocenters. The maximum absolute atomic E-state index is 5.78. The molecule has 0 aliphatic rings. The van der Waals surface area contributed by atoms with Crippen molar-refractivity contribution in [2.45, 2.75) is 19.4 Å². The Morgan fingerprint density at radius 2 is 2.42 bits per heavy atom. The first-order chi connectivity index (χ1) is 9.22. The maximum atomic E-state index is 5.78. The molecular weight excluding hydrogens is 242 g/mol. The first kappa shape index (κ1) is 11.6. The van der Waals surface area contributed by atoms with E-state index in [-0.39, 0.29) is 6.04 Å². The minimum absolute atomic E-state index is 0.168. The maximum Gasteiger partial charge on any atom is 0.180 e. The molecule has 0 fully saturated rings. The van der Waals surface area contributed by atoms with Crippen LogP contribution in [0.5, 0.6) is 0 Å². The van der Waals surface area contributed by atoms with E-state index in [4.69, 9.17) is 10.2 Å². The van der Waals surface area contributed by atoms with Gasteiger partial charge in [-0.15, -0.1) is 0 Å². The molecule has 1 unspecified atom stereocenters. The number of furan rings is 1. The van der Waals surface area contributed by atoms with Crippen molar-refractivity contribution in [3.8, 4) is 0 Å². The van der Waals surface area contributed by atoms with Crippen LogP contribution in [0.2, 0.25) is 0 Å². The number of rotatable bonds is 4. The number of fused-ring (bicyclic) bond motifs is 1. The van der Waals surface area contributed by atoms with Gasteiger partial charge in [0.15, 0.2) is 11.5 Å². The number of anilines is 2. The molecular formula is C13H15N5O. The Kier molecular flexibility index (Phi) is 2.83. The number of nitrogens with one attached hydrogen (secondary N) is 1. The predicted octanol–water partition coefficient (Wildman–Crippen LogP) is 1.95. The topological polar surface area (TPSA) is 81.4 Å². The standard InChI is InChI=1S/C13H15N5O/c1-9(7-10-3-2-6-19-10)16-12-13-15-4-5-18(13)8-11(14)17-12/h2-6,8-9H,7,14H2,1H3,(H,16,17). The number of hydrogen-bond donors (Lipinski definition) is 2. The molecule has 3 aromatic rings. The van der Waals surface area contributed by atoms with E-state index in [2.05, 4.69) is 22.2 Å². The third kappa shape index (κ3) is 2.37. The molecule has 6 nitrogen and oxygen atoms in total. The Morgan fingerprint density at radius 1 is 1.53 bits per heavy atom. The van der Waals surface area contributed by atoms with Crippen LogP contribution in [0, 0.1) is 0 Å². The van der Waals surface area contributed by atoms with Gasteiger partial charge in [0, 0.05) is 24.9 Å². The smallest absolute Gasteiger partial charge is 0.180 e. The molecule has 3 aromatic heterocycles. The summed E-state index contributed by atoms with van der Waals surface area (Å²) < 4.78 is 7.18. The van der Waals surface area contributed by atoms with Crippen molar-refractivity contribution >= 4 is 17.3 Å². The van der Waals surface area contributed by atoms with Crippen LogP contribution in [-0.2, 0) is 6.42 Å². The van der Waals surface area contributed by atoms with Crippen LogP contribution in [-0.4, -0.2) is 20.4 Å². The zero-order valence-corrected chi connectivity index (χ0v) is 10.6. The van der Waals surface area contributed by atoms with Gasteiger partial charge < -0.3 is 19.9 Å². The lowest BCUT2D eigenvalue weighted by atomic mass is 10.2. The number of hydrogen-bond acceptors (Lipinski definition) is 5. The first-order valence-electron chi connectivity index (χ1n) is 6.10. The van der Waals surface area contributed by atoms with Crippen LogP contribution in [0.1, 0.15) is 12.7 Å². The van der Waals surface area contributed by atoms with E-state index in [1.807, 2.05) is 22.7 Å². The zero-order valence-electron chi connectivity index (χ0n) is 10.6. The average molecular weight is 257 g/mol. The lowest BCUT2D eigenvalue weighted by Crippen LogP contribution is -2.19. The summed E-state index contributed by atoms with van der Waals surface area (Å²) in [6.07, 6.45) is 7.75. The van der Waals surface area contributed by atoms with Gasteiger partial charge in [0.2, 0.25) is 0 Å². The quantitative estimate of drug-likeness (QED) is 0.746. The van der Waals surface area contributed by atoms with Gasteiger partial charge in [-0.1, -0.05) is 0 Å². The van der Waals surface area contributed by atoms with E-state index >= 15 is 0 Å². The SMILES string of the molecule is CC(Cc1ccco1)Nc1nc(N)cn2ccnc12. The minimum Gasteiger partial charge on any atom is -0.469 e. The lowest BCUT2D eigenvalue weighted by Gasteiger charge is -2.14. The van der Waals surface area contributed by atoms with Gasteiger partial charge in [-0.05, 0) is 19.1 Å². The molecule has 3 rings (SSSR count). The molecule has 3 N–H and O–H groups in total. The third-order valence-corrected chi connectivity index (χ3v) is 2.86. The molecule has 0 aliphatic heterocycles. The van der Waals surface area contributed by atoms with Crippen molar-refractivity contribution in [2.24, 2.45) is 0 Å². The molecule has 98 valence electrons. The Bertz CT molecular complexity index is 673. The second-order valence-electron chi connectivity index (χ2n) is 4.50. The van der Waals surface area contributed by atoms with Crippen LogP contribution in [0.4, 0.5) is 11.6 Å². The van der Waals surface area contributed by atoms with Gasteiger partial charge in [-0.25, -0.2) is 9.97 Å². The van der Waals surface area contributed by atoms with Crippen LogP contribution < -0.4 is 11.1 Å². The summed E-state index contributed by atoms with van der Waals surface area (Å²) in [6.45, 7) is 2.06. The number of nitrogens with zero attached hydrogens (tertiary/aromatic N) is 3. The van der Waals surface area contributed by atoms with E-state index in [0.29, 0.717) is 11.6 Å². The van der Waals surface area contributed by atoms with Crippen LogP contribution in [0.25, 0.3) is 5.65 Å². The summed E-state index contributed by atoms with van der Waals surface area (Å²) in [5, 5.41) is 3.32. The highest BCUT2D eigenvalue weighted by molar-refractivity contribution is 5.65. The molecule has 0 saturated carbocycles. The van der Waals surface area contributed by atoms with Crippen molar-refractivity contribution < 1.29 is 4.42 Å². The highest BCUT2D eigenvalue weighted by atomic mass is 16.3. The molecule has 3 heterocycles. The van der Waals surface area contributed by atoms with Crippen LogP contribution in [0.15, 0.2) is 41.4 Å². The van der Waals surface area contributed by atoms with Gasteiger partial charge in [0.05, 0.1) is 12.5 Å². The molecule has 0 amide bonds. The van der Waals surface area contributed by atoms with Gasteiger partial charge >= 0.3 is 0 Å². The van der Waals surface area contributed by atoms with E-state index in [0.717, 1.165) is 17.8 Å². The first-order valence-corrected chi connectivity index (χ1v) is 6.10. The number of nitrogens with two attached hydrogens (primary N) is 1. The molecule has 19 heavy (non-hydrogen) atoms. The minimum atomic E-state index is 0.168. The summed E-state index contributed by atoms with van der Waals surface area (Å²) in [6, 6.07) is 4.00. The molecule has 0 bridgehead atoms. The van der Waals surface area contributed by atoms with Crippen LogP contribution in [0.3, 0.4) is 0 Å². The summed E-state index contributed by atoms with van der Waals surface area (Å²) in [5.41, 5.74) is 6.54. The van der Waals surface area contributed by atoms with E-state index < -0.39 is 0 Å². The molecule has 0 spiro atoms. The molecule has 6 heteroatoms. The molecule has 0 aliphatic carbocycles. The second kappa shape index (κ2) is 4.64. The summed E-state index contributed by atoms with van der Waals surface area (Å²) in [4.78, 5) is 8.56. The Labute approximate surface area is 110 Å². The number of nitrogen functional groups attached to an aromatic ring is 1. The van der Waals surface area contributed by atoms with Gasteiger partial charge in [0.1, 0.15) is 11.6 Å². The van der Waals surface area contributed by atoms with Crippen LogP contribution >= 0.6 is 0 Å². The lowest BCUT2D eigenvalue weighted by molar-refractivity contribution is 0.497. The van der Waals surface area contributed by atoms with Crippen molar-refractivity contribution in [2.75, 3.05) is 11.1 Å². The fourth-order valence-corrected chi connectivity index (χ4v) is 2.06. The second-order valence-corrected chi connectivity index (χ2v) is 4.50. The summed E-state index contributed by atoms with van der Waals surface area (Å²) in [5.74, 6) is 2.07. The average Bonchev–Trinajstić information content (AvgIpc) is 2.99. The van der Waals surface area contributed by atoms with Crippen molar-refractivity contribution in [3.05, 3.63) is 42.7 Å². The van der Waals surface area contributed by atoms with Crippen molar-refractivity contribution in [3.63, 3.8) is 0 Å². The van der Waals surface area contributed by atoms with Gasteiger partial charge in [0.25, 0.3) is 0 Å². The highest BCUT2D eigenvalue weighted by Crippen LogP contribution is 2.16. The van der Waals surface area contributed by atoms with E-state index in [1.54, 1.807) is 18.7 Å². The zero-order chi connectivity index (χ0) is 13.2. The Balaban J connectivity index is 1.82. The van der Waals surface area contributed by atoms with E-state index in [9.17, 15) is 0 Å². The number of imidazole rings is 1. The molecule has 0 saturated heterocycles. The Hall–Kier alpha value is -2.50. The highest BCUT2D eigenvalue weighted by Gasteiger charge is 2.11. The van der Waals surface area contributed by atoms with Crippen molar-refractivity contribution in [1.29, 1.82) is 0 Å². The van der Waals surface area contributed by atoms with Gasteiger partial charge in [-0.2, -0.15) is 0 Å². The van der Waals surface area contributed by atoms with Crippen molar-refractivity contribution in [1.82, 2.24) is 14.4 Å². The number of aromatic nitrogens is 3. The predicted molar refractivity (Wildman–Crippen MR) is 72.9 cm³/mol. The fourth-order valence-electron chi connectivity index (χ4n) is 2.06. The third-order valence-electron chi connectivity index (χ3n) is 2.86.